The first kappa shape index (κ1) is 14.4. The van der Waals surface area contributed by atoms with Crippen molar-refractivity contribution in [3.8, 4) is 28.0 Å². The molecule has 0 saturated heterocycles. The summed E-state index contributed by atoms with van der Waals surface area (Å²) >= 11 is 0. The van der Waals surface area contributed by atoms with E-state index in [9.17, 15) is 0 Å². The molecule has 0 bridgehead atoms. The van der Waals surface area contributed by atoms with Gasteiger partial charge >= 0.3 is 0 Å². The summed E-state index contributed by atoms with van der Waals surface area (Å²) in [6.07, 6.45) is 0. The predicted molar refractivity (Wildman–Crippen MR) is 114 cm³/mol. The molecule has 26 heavy (non-hydrogen) atoms. The Morgan fingerprint density at radius 2 is 1.50 bits per heavy atom. The van der Waals surface area contributed by atoms with Crippen molar-refractivity contribution in [3.05, 3.63) is 60.7 Å². The molecule has 1 aliphatic rings. The van der Waals surface area contributed by atoms with E-state index in [2.05, 4.69) is 74.9 Å². The molecule has 1 N–H and O–H groups in total. The van der Waals surface area contributed by atoms with E-state index in [-0.39, 0.29) is 0 Å². The van der Waals surface area contributed by atoms with E-state index in [1.54, 1.807) is 7.11 Å². The van der Waals surface area contributed by atoms with Crippen molar-refractivity contribution in [3.63, 3.8) is 0 Å². The Labute approximate surface area is 153 Å². The molecule has 1 aromatic heterocycles. The highest BCUT2D eigenvalue weighted by Crippen LogP contribution is 2.50. The van der Waals surface area contributed by atoms with Crippen LogP contribution in [0.2, 0.25) is 0 Å². The zero-order chi connectivity index (χ0) is 17.4. The van der Waals surface area contributed by atoms with Crippen LogP contribution in [0.15, 0.2) is 60.7 Å². The molecule has 0 fully saturated rings. The third-order valence-corrected chi connectivity index (χ3v) is 6.07. The fourth-order valence-electron chi connectivity index (χ4n) is 4.55. The van der Waals surface area contributed by atoms with E-state index in [1.165, 1.54) is 60.1 Å². The highest BCUT2D eigenvalue weighted by Gasteiger charge is 2.25. The Balaban J connectivity index is 2.06. The number of methoxy groups -OCH3 is 1. The zero-order valence-corrected chi connectivity index (χ0v) is 15.4. The van der Waals surface area contributed by atoms with E-state index in [0.717, 1.165) is 5.75 Å². The molecule has 1 aliphatic carbocycles. The lowest BCUT2D eigenvalue weighted by Crippen LogP contribution is -2.01. The Morgan fingerprint density at radius 3 is 2.38 bits per heavy atom. The number of fused-ring (bicyclic) bond motifs is 3. The number of ether oxygens (including phenoxy) is 1. The van der Waals surface area contributed by atoms with Crippen LogP contribution in [0.5, 0.6) is 5.75 Å². The fourth-order valence-corrected chi connectivity index (χ4v) is 4.96. The molecule has 2 nitrogen and oxygen atoms in total. The molecular weight excluding hydrogens is 337 g/mol. The van der Waals surface area contributed by atoms with Crippen molar-refractivity contribution in [2.75, 3.05) is 7.11 Å². The minimum absolute atomic E-state index is 0.920. The van der Waals surface area contributed by atoms with Gasteiger partial charge in [-0.05, 0) is 40.0 Å². The van der Waals surface area contributed by atoms with Crippen molar-refractivity contribution in [1.82, 2.24) is 4.98 Å². The second-order valence-electron chi connectivity index (χ2n) is 6.85. The Hall–Kier alpha value is -2.83. The highest BCUT2D eigenvalue weighted by molar-refractivity contribution is 7.28. The summed E-state index contributed by atoms with van der Waals surface area (Å²) in [4.78, 5) is 3.61. The van der Waals surface area contributed by atoms with Gasteiger partial charge in [0.15, 0.2) is 0 Å². The molecule has 1 atom stereocenters. The molecule has 0 saturated carbocycles. The monoisotopic (exact) mass is 353 g/mol. The second kappa shape index (κ2) is 4.87. The van der Waals surface area contributed by atoms with Gasteiger partial charge in [0.25, 0.3) is 0 Å². The number of hydrogen-bond acceptors (Lipinski definition) is 1. The van der Waals surface area contributed by atoms with Gasteiger partial charge in [0.05, 0.1) is 7.11 Å². The summed E-state index contributed by atoms with van der Waals surface area (Å²) in [5, 5.41) is 6.30. The number of H-pyrrole nitrogens is 1. The van der Waals surface area contributed by atoms with Gasteiger partial charge in [-0.15, -0.1) is 9.24 Å². The Kier molecular flexibility index (Phi) is 2.69. The van der Waals surface area contributed by atoms with Crippen molar-refractivity contribution in [2.24, 2.45) is 0 Å². The second-order valence-corrected chi connectivity index (χ2v) is 7.47. The zero-order valence-electron chi connectivity index (χ0n) is 14.3. The molecule has 0 aliphatic heterocycles. The minimum Gasteiger partial charge on any atom is -0.496 e. The summed E-state index contributed by atoms with van der Waals surface area (Å²) in [7, 11) is 4.67. The molecule has 4 aromatic carbocycles. The molecule has 0 radical (unpaired) electrons. The van der Waals surface area contributed by atoms with Crippen LogP contribution in [0.1, 0.15) is 0 Å². The van der Waals surface area contributed by atoms with Crippen LogP contribution in [0.4, 0.5) is 0 Å². The third-order valence-electron chi connectivity index (χ3n) is 5.59. The number of rotatable bonds is 1. The summed E-state index contributed by atoms with van der Waals surface area (Å²) in [6.45, 7) is 0. The number of aromatic nitrogens is 1. The van der Waals surface area contributed by atoms with Crippen molar-refractivity contribution >= 4 is 47.1 Å². The molecule has 5 aromatic rings. The van der Waals surface area contributed by atoms with Gasteiger partial charge in [0.2, 0.25) is 0 Å². The maximum atomic E-state index is 5.83. The molecule has 0 amide bonds. The number of aromatic amines is 1. The first-order valence-electron chi connectivity index (χ1n) is 8.71. The molecule has 1 heterocycles. The molecule has 6 rings (SSSR count). The summed E-state index contributed by atoms with van der Waals surface area (Å²) in [6, 6.07) is 21.7. The molecular formula is C23H16NOP. The average Bonchev–Trinajstić information content (AvgIpc) is 2.99. The predicted octanol–water partition coefficient (Wildman–Crippen LogP) is 5.63. The van der Waals surface area contributed by atoms with Crippen molar-refractivity contribution < 1.29 is 4.74 Å². The molecule has 1 unspecified atom stereocenters. The van der Waals surface area contributed by atoms with E-state index >= 15 is 0 Å². The summed E-state index contributed by atoms with van der Waals surface area (Å²) < 4.78 is 5.83. The number of hydrogen-bond donors (Lipinski definition) is 1. The Bertz CT molecular complexity index is 1380. The number of nitrogens with one attached hydrogen (secondary N) is 1. The normalized spacial score (nSPS) is 12.2. The van der Waals surface area contributed by atoms with Gasteiger partial charge in [-0.3, -0.25) is 0 Å². The lowest BCUT2D eigenvalue weighted by atomic mass is 9.92. The van der Waals surface area contributed by atoms with Gasteiger partial charge in [0, 0.05) is 38.3 Å². The van der Waals surface area contributed by atoms with Crippen LogP contribution >= 0.6 is 9.24 Å². The molecule has 0 spiro atoms. The van der Waals surface area contributed by atoms with E-state index in [1.807, 2.05) is 0 Å². The first-order chi connectivity index (χ1) is 12.8. The topological polar surface area (TPSA) is 25.0 Å². The van der Waals surface area contributed by atoms with Gasteiger partial charge in [-0.1, -0.05) is 42.5 Å². The van der Waals surface area contributed by atoms with Crippen molar-refractivity contribution in [1.29, 1.82) is 0 Å². The SMILES string of the molecule is COc1ccc2ccc3[nH]c4cccc5c4c3c2c1-c1c(P)cccc1-5. The number of benzene rings is 4. The van der Waals surface area contributed by atoms with Crippen LogP contribution in [0.3, 0.4) is 0 Å². The van der Waals surface area contributed by atoms with Crippen LogP contribution < -0.4 is 10.0 Å². The lowest BCUT2D eigenvalue weighted by molar-refractivity contribution is 0.417. The van der Waals surface area contributed by atoms with Gasteiger partial charge in [-0.25, -0.2) is 0 Å². The molecule has 124 valence electrons. The van der Waals surface area contributed by atoms with Crippen LogP contribution in [-0.4, -0.2) is 12.1 Å². The Morgan fingerprint density at radius 1 is 0.731 bits per heavy atom. The van der Waals surface area contributed by atoms with Gasteiger partial charge in [-0.2, -0.15) is 0 Å². The quantitative estimate of drug-likeness (QED) is 0.381. The molecule has 3 heteroatoms. The standard InChI is InChI=1S/C23H16NOP/c1-25-17-11-9-12-8-10-16-22-19(12)23(17)21-14(5-3-7-18(21)26)13-4-2-6-15(24-16)20(13)22/h2-11,24H,26H2,1H3. The van der Waals surface area contributed by atoms with Crippen LogP contribution in [0.25, 0.3) is 54.8 Å². The van der Waals surface area contributed by atoms with Crippen molar-refractivity contribution in [2.45, 2.75) is 0 Å². The van der Waals surface area contributed by atoms with Crippen LogP contribution in [0, 0.1) is 0 Å². The van der Waals surface area contributed by atoms with Gasteiger partial charge < -0.3 is 9.72 Å². The van der Waals surface area contributed by atoms with Gasteiger partial charge in [0.1, 0.15) is 5.75 Å². The lowest BCUT2D eigenvalue weighted by Gasteiger charge is -2.17. The smallest absolute Gasteiger partial charge is 0.127 e. The summed E-state index contributed by atoms with van der Waals surface area (Å²) in [5.41, 5.74) is 7.32. The highest BCUT2D eigenvalue weighted by atomic mass is 31.0. The van der Waals surface area contributed by atoms with E-state index < -0.39 is 0 Å². The first-order valence-corrected chi connectivity index (χ1v) is 9.29. The van der Waals surface area contributed by atoms with E-state index in [0.29, 0.717) is 0 Å². The maximum Gasteiger partial charge on any atom is 0.127 e. The van der Waals surface area contributed by atoms with Crippen LogP contribution in [-0.2, 0) is 0 Å². The largest absolute Gasteiger partial charge is 0.496 e. The summed E-state index contributed by atoms with van der Waals surface area (Å²) in [5.74, 6) is 0.920. The minimum atomic E-state index is 0.920. The fraction of sp³-hybridized carbons (Fsp3) is 0.0435. The van der Waals surface area contributed by atoms with E-state index in [4.69, 9.17) is 4.74 Å². The third kappa shape index (κ3) is 1.61. The maximum absolute atomic E-state index is 5.83. The average molecular weight is 353 g/mol.